The maximum Gasteiger partial charge on any atom is 0.273 e. The van der Waals surface area contributed by atoms with Crippen LogP contribution in [0.1, 0.15) is 49.3 Å². The Bertz CT molecular complexity index is 545. The zero-order valence-corrected chi connectivity index (χ0v) is 11.9. The third-order valence-electron chi connectivity index (χ3n) is 2.86. The number of hydrogen-bond donors (Lipinski definition) is 2. The molecule has 2 heterocycles. The molecule has 0 spiro atoms. The van der Waals surface area contributed by atoms with Crippen LogP contribution in [-0.4, -0.2) is 26.3 Å². The molecule has 0 radical (unpaired) electrons. The van der Waals surface area contributed by atoms with Gasteiger partial charge in [0.15, 0.2) is 5.69 Å². The van der Waals surface area contributed by atoms with E-state index in [0.717, 1.165) is 12.0 Å². The van der Waals surface area contributed by atoms with Crippen LogP contribution in [0.2, 0.25) is 0 Å². The molecule has 0 bridgehead atoms. The monoisotopic (exact) mass is 273 g/mol. The fraction of sp³-hybridized carbons (Fsp3) is 0.429. The second-order valence-electron chi connectivity index (χ2n) is 5.93. The lowest BCUT2D eigenvalue weighted by Crippen LogP contribution is -2.31. The maximum absolute atomic E-state index is 12.1. The van der Waals surface area contributed by atoms with Gasteiger partial charge in [-0.15, -0.1) is 0 Å². The molecular formula is C14H19N5O. The number of nitrogens with one attached hydrogen (secondary N) is 2. The molecule has 106 valence electrons. The highest BCUT2D eigenvalue weighted by Gasteiger charge is 2.23. The number of carbonyl (C=O) groups excluding carboxylic acids is 1. The van der Waals surface area contributed by atoms with Crippen molar-refractivity contribution in [2.75, 3.05) is 0 Å². The number of aromatic amines is 1. The van der Waals surface area contributed by atoms with E-state index < -0.39 is 0 Å². The first-order chi connectivity index (χ1) is 9.46. The Morgan fingerprint density at radius 2 is 2.20 bits per heavy atom. The maximum atomic E-state index is 12.1. The van der Waals surface area contributed by atoms with Gasteiger partial charge in [0.05, 0.1) is 12.2 Å². The van der Waals surface area contributed by atoms with Crippen LogP contribution in [-0.2, 0) is 0 Å². The van der Waals surface area contributed by atoms with E-state index in [4.69, 9.17) is 0 Å². The molecule has 6 heteroatoms. The summed E-state index contributed by atoms with van der Waals surface area (Å²) in [5, 5.41) is 12.9. The van der Waals surface area contributed by atoms with E-state index in [1.807, 2.05) is 12.1 Å². The summed E-state index contributed by atoms with van der Waals surface area (Å²) in [5.41, 5.74) is 1.35. The topological polar surface area (TPSA) is 83.6 Å². The molecule has 0 saturated carbocycles. The number of rotatable bonds is 4. The van der Waals surface area contributed by atoms with Gasteiger partial charge in [0.2, 0.25) is 0 Å². The Hall–Kier alpha value is -2.24. The molecule has 2 aromatic rings. The van der Waals surface area contributed by atoms with Gasteiger partial charge in [0.25, 0.3) is 5.91 Å². The van der Waals surface area contributed by atoms with Gasteiger partial charge in [0.1, 0.15) is 0 Å². The van der Waals surface area contributed by atoms with Gasteiger partial charge in [-0.1, -0.05) is 26.8 Å². The van der Waals surface area contributed by atoms with Crippen LogP contribution in [0.4, 0.5) is 0 Å². The van der Waals surface area contributed by atoms with E-state index in [1.54, 1.807) is 12.4 Å². The van der Waals surface area contributed by atoms with Crippen molar-refractivity contribution in [1.29, 1.82) is 0 Å². The van der Waals surface area contributed by atoms with Crippen LogP contribution in [0, 0.1) is 5.41 Å². The van der Waals surface area contributed by atoms with Crippen LogP contribution in [0.25, 0.3) is 0 Å². The number of carbonyl (C=O) groups is 1. The van der Waals surface area contributed by atoms with Crippen molar-refractivity contribution in [3.8, 4) is 0 Å². The molecule has 0 saturated heterocycles. The minimum absolute atomic E-state index is 0.0810. The zero-order valence-electron chi connectivity index (χ0n) is 11.9. The predicted octanol–water partition coefficient (Wildman–Crippen LogP) is 2.11. The van der Waals surface area contributed by atoms with Crippen LogP contribution in [0.15, 0.2) is 30.7 Å². The number of aromatic nitrogens is 4. The molecule has 20 heavy (non-hydrogen) atoms. The van der Waals surface area contributed by atoms with E-state index in [2.05, 4.69) is 46.5 Å². The second kappa shape index (κ2) is 5.81. The molecule has 6 nitrogen and oxygen atoms in total. The van der Waals surface area contributed by atoms with E-state index >= 15 is 0 Å². The molecule has 1 atom stereocenters. The number of nitrogens with zero attached hydrogens (tertiary/aromatic N) is 3. The Morgan fingerprint density at radius 1 is 1.40 bits per heavy atom. The molecule has 0 fully saturated rings. The summed E-state index contributed by atoms with van der Waals surface area (Å²) in [5.74, 6) is -0.239. The number of amides is 1. The van der Waals surface area contributed by atoms with Gasteiger partial charge in [0, 0.05) is 12.4 Å². The summed E-state index contributed by atoms with van der Waals surface area (Å²) in [7, 11) is 0. The molecule has 0 aliphatic carbocycles. The van der Waals surface area contributed by atoms with Crippen molar-refractivity contribution in [3.05, 3.63) is 42.0 Å². The third-order valence-corrected chi connectivity index (χ3v) is 2.86. The molecule has 2 aromatic heterocycles. The predicted molar refractivity (Wildman–Crippen MR) is 74.9 cm³/mol. The highest BCUT2D eigenvalue weighted by atomic mass is 16.2. The summed E-state index contributed by atoms with van der Waals surface area (Å²) in [6, 6.07) is 3.73. The van der Waals surface area contributed by atoms with Crippen LogP contribution in [0.3, 0.4) is 0 Å². The van der Waals surface area contributed by atoms with Crippen molar-refractivity contribution < 1.29 is 4.79 Å². The van der Waals surface area contributed by atoms with Crippen molar-refractivity contribution in [2.24, 2.45) is 5.41 Å². The molecule has 1 amide bonds. The van der Waals surface area contributed by atoms with Gasteiger partial charge >= 0.3 is 0 Å². The molecular weight excluding hydrogens is 254 g/mol. The largest absolute Gasteiger partial charge is 0.344 e. The summed E-state index contributed by atoms with van der Waals surface area (Å²) >= 11 is 0. The average molecular weight is 273 g/mol. The zero-order chi connectivity index (χ0) is 14.6. The van der Waals surface area contributed by atoms with E-state index in [0.29, 0.717) is 0 Å². The molecule has 0 aliphatic heterocycles. The summed E-state index contributed by atoms with van der Waals surface area (Å²) in [4.78, 5) is 16.2. The molecule has 2 rings (SSSR count). The fourth-order valence-corrected chi connectivity index (χ4v) is 1.99. The molecule has 0 aliphatic rings. The van der Waals surface area contributed by atoms with Crippen LogP contribution < -0.4 is 5.32 Å². The van der Waals surface area contributed by atoms with Crippen molar-refractivity contribution in [2.45, 2.75) is 33.2 Å². The lowest BCUT2D eigenvalue weighted by atomic mass is 9.86. The van der Waals surface area contributed by atoms with Crippen molar-refractivity contribution in [3.63, 3.8) is 0 Å². The van der Waals surface area contributed by atoms with E-state index in [1.165, 1.54) is 6.20 Å². The Labute approximate surface area is 118 Å². The SMILES string of the molecule is CC(C)(C)CC(NC(=O)c1cn[nH]n1)c1cccnc1. The van der Waals surface area contributed by atoms with Gasteiger partial charge in [-0.3, -0.25) is 9.78 Å². The Morgan fingerprint density at radius 3 is 2.75 bits per heavy atom. The molecule has 1 unspecified atom stereocenters. The summed E-state index contributed by atoms with van der Waals surface area (Å²) in [6.45, 7) is 6.41. The smallest absolute Gasteiger partial charge is 0.273 e. The standard InChI is InChI=1S/C14H19N5O/c1-14(2,3)7-11(10-5-4-6-15-8-10)17-13(20)12-9-16-19-18-12/h4-6,8-9,11H,7H2,1-3H3,(H,17,20)(H,16,18,19). The van der Waals surface area contributed by atoms with Gasteiger partial charge in [-0.25, -0.2) is 0 Å². The van der Waals surface area contributed by atoms with Crippen LogP contribution in [0.5, 0.6) is 0 Å². The van der Waals surface area contributed by atoms with Crippen molar-refractivity contribution in [1.82, 2.24) is 25.7 Å². The lowest BCUT2D eigenvalue weighted by Gasteiger charge is -2.26. The number of H-pyrrole nitrogens is 1. The van der Waals surface area contributed by atoms with Gasteiger partial charge < -0.3 is 5.32 Å². The Balaban J connectivity index is 2.17. The summed E-state index contributed by atoms with van der Waals surface area (Å²) in [6.07, 6.45) is 5.71. The summed E-state index contributed by atoms with van der Waals surface area (Å²) < 4.78 is 0. The highest BCUT2D eigenvalue weighted by Crippen LogP contribution is 2.29. The van der Waals surface area contributed by atoms with E-state index in [-0.39, 0.29) is 23.1 Å². The average Bonchev–Trinajstić information content (AvgIpc) is 2.91. The first-order valence-electron chi connectivity index (χ1n) is 6.52. The quantitative estimate of drug-likeness (QED) is 0.893. The first kappa shape index (κ1) is 14.2. The highest BCUT2D eigenvalue weighted by molar-refractivity contribution is 5.92. The van der Waals surface area contributed by atoms with Crippen LogP contribution >= 0.6 is 0 Å². The number of pyridine rings is 1. The molecule has 0 aromatic carbocycles. The van der Waals surface area contributed by atoms with Crippen molar-refractivity contribution >= 4 is 5.91 Å². The first-order valence-corrected chi connectivity index (χ1v) is 6.52. The molecule has 2 N–H and O–H groups in total. The third kappa shape index (κ3) is 3.88. The van der Waals surface area contributed by atoms with Gasteiger partial charge in [-0.2, -0.15) is 15.4 Å². The second-order valence-corrected chi connectivity index (χ2v) is 5.93. The Kier molecular flexibility index (Phi) is 4.12. The van der Waals surface area contributed by atoms with E-state index in [9.17, 15) is 4.79 Å². The normalized spacial score (nSPS) is 12.9. The minimum Gasteiger partial charge on any atom is -0.344 e. The fourth-order valence-electron chi connectivity index (χ4n) is 1.99. The van der Waals surface area contributed by atoms with Gasteiger partial charge in [-0.05, 0) is 23.5 Å². The lowest BCUT2D eigenvalue weighted by molar-refractivity contribution is 0.0921. The minimum atomic E-state index is -0.239. The number of hydrogen-bond acceptors (Lipinski definition) is 4.